The van der Waals surface area contributed by atoms with Gasteiger partial charge in [-0.2, -0.15) is 0 Å². The third-order valence-electron chi connectivity index (χ3n) is 4.53. The fraction of sp³-hybridized carbons (Fsp3) is 0.250. The van der Waals surface area contributed by atoms with Crippen LogP contribution in [0.15, 0.2) is 55.8 Å². The zero-order valence-electron chi connectivity index (χ0n) is 15.0. The maximum atomic E-state index is 12.5. The summed E-state index contributed by atoms with van der Waals surface area (Å²) >= 11 is 2.44. The molecule has 27 heavy (non-hydrogen) atoms. The van der Waals surface area contributed by atoms with Gasteiger partial charge < -0.3 is 4.42 Å². The van der Waals surface area contributed by atoms with Gasteiger partial charge in [0.05, 0.1) is 15.6 Å². The number of hydrogen-bond donors (Lipinski definition) is 0. The summed E-state index contributed by atoms with van der Waals surface area (Å²) < 4.78 is 5.82. The lowest BCUT2D eigenvalue weighted by molar-refractivity contribution is -0.124. The smallest absolute Gasteiger partial charge is 0.293 e. The van der Waals surface area contributed by atoms with Gasteiger partial charge in [0.1, 0.15) is 5.76 Å². The average molecular weight is 399 g/mol. The highest BCUT2D eigenvalue weighted by Gasteiger charge is 2.37. The number of thioether (sulfide) groups is 2. The highest BCUT2D eigenvalue weighted by Crippen LogP contribution is 2.36. The number of carbonyl (C=O) groups is 2. The first-order valence-electron chi connectivity index (χ1n) is 8.75. The Morgan fingerprint density at radius 1 is 1.30 bits per heavy atom. The number of benzene rings is 1. The molecule has 1 aromatic heterocycles. The zero-order chi connectivity index (χ0) is 19.0. The third kappa shape index (κ3) is 3.61. The fourth-order valence-corrected chi connectivity index (χ4v) is 4.71. The quantitative estimate of drug-likeness (QED) is 0.637. The van der Waals surface area contributed by atoms with E-state index in [0.717, 1.165) is 35.3 Å². The third-order valence-corrected chi connectivity index (χ3v) is 6.30. The SMILES string of the molecule is CCC(C)N1C(=O)S/C(=C\c2ccc(SC3=Nc4ccccc4C3)o2)C1=O. The summed E-state index contributed by atoms with van der Waals surface area (Å²) in [4.78, 5) is 30.9. The van der Waals surface area contributed by atoms with Crippen LogP contribution in [0, 0.1) is 0 Å². The standard InChI is InChI=1S/C20H18N2O3S2/c1-3-12(2)22-19(23)16(26-20(22)24)11-14-8-9-18(25-14)27-17-10-13-6-4-5-7-15(13)21-17/h4-9,11-12H,3,10H2,1-2H3/b16-11-. The molecule has 2 aliphatic heterocycles. The number of aliphatic imine (C=N–C) groups is 1. The minimum absolute atomic E-state index is 0.104. The Kier molecular flexibility index (Phi) is 4.97. The van der Waals surface area contributed by atoms with E-state index in [1.165, 1.54) is 22.2 Å². The van der Waals surface area contributed by atoms with Gasteiger partial charge in [-0.05, 0) is 60.6 Å². The largest absolute Gasteiger partial charge is 0.450 e. The van der Waals surface area contributed by atoms with Crippen LogP contribution in [0.2, 0.25) is 0 Å². The van der Waals surface area contributed by atoms with Gasteiger partial charge in [-0.25, -0.2) is 4.99 Å². The number of amides is 2. The molecule has 0 spiro atoms. The van der Waals surface area contributed by atoms with Crippen molar-refractivity contribution in [2.75, 3.05) is 0 Å². The van der Waals surface area contributed by atoms with Crippen LogP contribution in [-0.4, -0.2) is 27.1 Å². The summed E-state index contributed by atoms with van der Waals surface area (Å²) in [5.41, 5.74) is 2.22. The molecule has 7 heteroatoms. The van der Waals surface area contributed by atoms with Gasteiger partial charge in [0, 0.05) is 18.5 Å². The molecule has 0 N–H and O–H groups in total. The fourth-order valence-electron chi connectivity index (χ4n) is 2.92. The van der Waals surface area contributed by atoms with Gasteiger partial charge in [-0.15, -0.1) is 0 Å². The topological polar surface area (TPSA) is 62.9 Å². The van der Waals surface area contributed by atoms with E-state index in [1.54, 1.807) is 6.08 Å². The molecule has 0 saturated carbocycles. The van der Waals surface area contributed by atoms with Crippen molar-refractivity contribution in [1.29, 1.82) is 0 Å². The first-order chi connectivity index (χ1) is 13.0. The van der Waals surface area contributed by atoms with Gasteiger partial charge in [0.2, 0.25) is 0 Å². The summed E-state index contributed by atoms with van der Waals surface area (Å²) in [6.45, 7) is 3.83. The molecule has 0 bridgehead atoms. The summed E-state index contributed by atoms with van der Waals surface area (Å²) in [6.07, 6.45) is 3.17. The van der Waals surface area contributed by atoms with Crippen LogP contribution in [0.1, 0.15) is 31.6 Å². The Bertz CT molecular complexity index is 977. The van der Waals surface area contributed by atoms with Crippen LogP contribution in [0.5, 0.6) is 0 Å². The summed E-state index contributed by atoms with van der Waals surface area (Å²) in [6, 6.07) is 11.6. The second-order valence-corrected chi connectivity index (χ2v) is 8.45. The van der Waals surface area contributed by atoms with Gasteiger partial charge in [0.25, 0.3) is 11.1 Å². The molecule has 138 valence electrons. The number of hydrogen-bond acceptors (Lipinski definition) is 6. The number of nitrogens with zero attached hydrogens (tertiary/aromatic N) is 2. The second kappa shape index (κ2) is 7.40. The summed E-state index contributed by atoms with van der Waals surface area (Å²) in [5.74, 6) is 0.309. The Balaban J connectivity index is 1.47. The Morgan fingerprint density at radius 2 is 2.11 bits per heavy atom. The number of furan rings is 1. The number of para-hydroxylation sites is 1. The van der Waals surface area contributed by atoms with Crippen molar-refractivity contribution in [3.63, 3.8) is 0 Å². The normalized spacial score (nSPS) is 19.0. The molecule has 1 saturated heterocycles. The molecule has 2 aromatic rings. The van der Waals surface area contributed by atoms with E-state index in [1.807, 2.05) is 44.2 Å². The maximum Gasteiger partial charge on any atom is 0.293 e. The molecule has 1 atom stereocenters. The van der Waals surface area contributed by atoms with Crippen molar-refractivity contribution in [1.82, 2.24) is 4.90 Å². The van der Waals surface area contributed by atoms with E-state index < -0.39 is 0 Å². The zero-order valence-corrected chi connectivity index (χ0v) is 16.6. The van der Waals surface area contributed by atoms with Crippen LogP contribution in [0.25, 0.3) is 6.08 Å². The number of rotatable bonds is 4. The lowest BCUT2D eigenvalue weighted by atomic mass is 10.2. The number of imide groups is 1. The van der Waals surface area contributed by atoms with E-state index in [2.05, 4.69) is 11.1 Å². The van der Waals surface area contributed by atoms with Crippen LogP contribution in [0.3, 0.4) is 0 Å². The van der Waals surface area contributed by atoms with Crippen molar-refractivity contribution >= 4 is 51.5 Å². The Morgan fingerprint density at radius 3 is 2.89 bits per heavy atom. The second-order valence-electron chi connectivity index (χ2n) is 6.38. The van der Waals surface area contributed by atoms with Crippen molar-refractivity contribution in [3.05, 3.63) is 52.6 Å². The first-order valence-corrected chi connectivity index (χ1v) is 10.4. The van der Waals surface area contributed by atoms with Crippen LogP contribution in [-0.2, 0) is 11.2 Å². The first kappa shape index (κ1) is 18.1. The summed E-state index contributed by atoms with van der Waals surface area (Å²) in [5, 5.41) is 1.47. The number of fused-ring (bicyclic) bond motifs is 1. The van der Waals surface area contributed by atoms with Crippen LogP contribution < -0.4 is 0 Å². The summed E-state index contributed by atoms with van der Waals surface area (Å²) in [7, 11) is 0. The molecule has 5 nitrogen and oxygen atoms in total. The van der Waals surface area contributed by atoms with Crippen LogP contribution in [0.4, 0.5) is 10.5 Å². The molecule has 2 aliphatic rings. The van der Waals surface area contributed by atoms with E-state index in [-0.39, 0.29) is 17.2 Å². The molecular formula is C20H18N2O3S2. The van der Waals surface area contributed by atoms with Crippen molar-refractivity contribution in [2.45, 2.75) is 37.8 Å². The average Bonchev–Trinajstić information content (AvgIpc) is 3.33. The lowest BCUT2D eigenvalue weighted by Gasteiger charge is -2.19. The van der Waals surface area contributed by atoms with Gasteiger partial charge >= 0.3 is 0 Å². The monoisotopic (exact) mass is 398 g/mol. The van der Waals surface area contributed by atoms with E-state index in [0.29, 0.717) is 15.8 Å². The molecule has 1 aromatic carbocycles. The highest BCUT2D eigenvalue weighted by molar-refractivity contribution is 8.18. The highest BCUT2D eigenvalue weighted by atomic mass is 32.2. The molecule has 0 aliphatic carbocycles. The molecule has 3 heterocycles. The van der Waals surface area contributed by atoms with Crippen molar-refractivity contribution < 1.29 is 14.0 Å². The Labute approximate surface area is 165 Å². The van der Waals surface area contributed by atoms with E-state index in [9.17, 15) is 9.59 Å². The van der Waals surface area contributed by atoms with Crippen molar-refractivity contribution in [2.24, 2.45) is 4.99 Å². The van der Waals surface area contributed by atoms with Gasteiger partial charge in [0.15, 0.2) is 5.09 Å². The lowest BCUT2D eigenvalue weighted by Crippen LogP contribution is -2.36. The predicted molar refractivity (Wildman–Crippen MR) is 109 cm³/mol. The minimum atomic E-state index is -0.249. The molecular weight excluding hydrogens is 380 g/mol. The van der Waals surface area contributed by atoms with Crippen LogP contribution >= 0.6 is 23.5 Å². The van der Waals surface area contributed by atoms with E-state index >= 15 is 0 Å². The molecule has 4 rings (SSSR count). The predicted octanol–water partition coefficient (Wildman–Crippen LogP) is 5.49. The van der Waals surface area contributed by atoms with Crippen molar-refractivity contribution in [3.8, 4) is 0 Å². The number of carbonyl (C=O) groups excluding carboxylic acids is 2. The van der Waals surface area contributed by atoms with Gasteiger partial charge in [-0.3, -0.25) is 14.5 Å². The van der Waals surface area contributed by atoms with E-state index in [4.69, 9.17) is 4.42 Å². The molecule has 0 radical (unpaired) electrons. The molecule has 2 amide bonds. The Hall–Kier alpha value is -2.25. The minimum Gasteiger partial charge on any atom is -0.450 e. The maximum absolute atomic E-state index is 12.5. The molecule has 1 unspecified atom stereocenters. The molecule has 1 fully saturated rings. The van der Waals surface area contributed by atoms with Gasteiger partial charge in [-0.1, -0.05) is 25.1 Å².